The number of benzene rings is 1. The molecule has 2 heterocycles. The smallest absolute Gasteiger partial charge is 0.220 e. The van der Waals surface area contributed by atoms with Crippen LogP contribution in [-0.4, -0.2) is 32.5 Å². The third-order valence-corrected chi connectivity index (χ3v) is 6.43. The molecule has 1 aromatic carbocycles. The zero-order valence-corrected chi connectivity index (χ0v) is 18.2. The van der Waals surface area contributed by atoms with Crippen LogP contribution in [0.5, 0.6) is 0 Å². The van der Waals surface area contributed by atoms with Crippen LogP contribution in [0.15, 0.2) is 52.2 Å². The summed E-state index contributed by atoms with van der Waals surface area (Å²) < 4.78 is 7.58. The fourth-order valence-corrected chi connectivity index (χ4v) is 4.69. The zero-order valence-electron chi connectivity index (χ0n) is 17.3. The van der Waals surface area contributed by atoms with Gasteiger partial charge in [-0.2, -0.15) is 0 Å². The highest BCUT2D eigenvalue weighted by Crippen LogP contribution is 2.29. The molecule has 1 aliphatic carbocycles. The van der Waals surface area contributed by atoms with Gasteiger partial charge in [0.2, 0.25) is 11.7 Å². The van der Waals surface area contributed by atoms with E-state index in [0.717, 1.165) is 35.9 Å². The van der Waals surface area contributed by atoms with Gasteiger partial charge in [0.25, 0.3) is 0 Å². The SMILES string of the molecule is Cc1ccc(-n2c(SCCCC(=O)NC3CCCCC3)nnc2-c2ccco2)cc1. The number of carbonyl (C=O) groups is 1. The lowest BCUT2D eigenvalue weighted by Crippen LogP contribution is -2.36. The van der Waals surface area contributed by atoms with E-state index in [-0.39, 0.29) is 5.91 Å². The predicted molar refractivity (Wildman–Crippen MR) is 119 cm³/mol. The average molecular weight is 425 g/mol. The topological polar surface area (TPSA) is 73.0 Å². The van der Waals surface area contributed by atoms with Gasteiger partial charge < -0.3 is 9.73 Å². The molecule has 0 bridgehead atoms. The first-order valence-electron chi connectivity index (χ1n) is 10.7. The van der Waals surface area contributed by atoms with Gasteiger partial charge in [-0.15, -0.1) is 10.2 Å². The first-order valence-corrected chi connectivity index (χ1v) is 11.7. The summed E-state index contributed by atoms with van der Waals surface area (Å²) in [5.74, 6) is 2.34. The molecule has 2 aromatic heterocycles. The molecule has 1 amide bonds. The number of amides is 1. The maximum Gasteiger partial charge on any atom is 0.220 e. The lowest BCUT2D eigenvalue weighted by molar-refractivity contribution is -0.122. The van der Waals surface area contributed by atoms with Gasteiger partial charge in [0.15, 0.2) is 10.9 Å². The molecule has 1 saturated carbocycles. The maximum absolute atomic E-state index is 12.2. The number of thioether (sulfide) groups is 1. The number of hydrogen-bond acceptors (Lipinski definition) is 5. The Bertz CT molecular complexity index is 944. The summed E-state index contributed by atoms with van der Waals surface area (Å²) in [5.41, 5.74) is 2.19. The number of nitrogens with zero attached hydrogens (tertiary/aromatic N) is 3. The van der Waals surface area contributed by atoms with E-state index in [1.165, 1.54) is 24.8 Å². The second-order valence-corrected chi connectivity index (χ2v) is 8.87. The van der Waals surface area contributed by atoms with Crippen LogP contribution in [0, 0.1) is 6.92 Å². The van der Waals surface area contributed by atoms with Crippen LogP contribution in [0.1, 0.15) is 50.5 Å². The van der Waals surface area contributed by atoms with Crippen LogP contribution < -0.4 is 5.32 Å². The second kappa shape index (κ2) is 9.98. The number of aromatic nitrogens is 3. The molecule has 158 valence electrons. The van der Waals surface area contributed by atoms with Crippen molar-refractivity contribution in [1.82, 2.24) is 20.1 Å². The quantitative estimate of drug-likeness (QED) is 0.399. The Hall–Kier alpha value is -2.54. The minimum Gasteiger partial charge on any atom is -0.461 e. The van der Waals surface area contributed by atoms with Crippen LogP contribution in [0.2, 0.25) is 0 Å². The van der Waals surface area contributed by atoms with Crippen LogP contribution in [-0.2, 0) is 4.79 Å². The van der Waals surface area contributed by atoms with Crippen LogP contribution in [0.3, 0.4) is 0 Å². The van der Waals surface area contributed by atoms with Crippen molar-refractivity contribution < 1.29 is 9.21 Å². The highest BCUT2D eigenvalue weighted by Gasteiger charge is 2.19. The van der Waals surface area contributed by atoms with Crippen molar-refractivity contribution in [3.05, 3.63) is 48.2 Å². The number of aryl methyl sites for hydroxylation is 1. The first kappa shape index (κ1) is 20.7. The summed E-state index contributed by atoms with van der Waals surface area (Å²) in [6.07, 6.45) is 8.99. The maximum atomic E-state index is 12.2. The standard InChI is InChI=1S/C23H28N4O2S/c1-17-11-13-19(14-12-17)27-22(20-9-5-15-29-20)25-26-23(27)30-16-6-10-21(28)24-18-7-3-2-4-8-18/h5,9,11-15,18H,2-4,6-8,10,16H2,1H3,(H,24,28). The Labute approximate surface area is 181 Å². The van der Waals surface area contributed by atoms with Crippen molar-refractivity contribution in [3.8, 4) is 17.3 Å². The van der Waals surface area contributed by atoms with Gasteiger partial charge in [0.1, 0.15) is 0 Å². The van der Waals surface area contributed by atoms with Crippen LogP contribution in [0.25, 0.3) is 17.3 Å². The molecule has 7 heteroatoms. The Morgan fingerprint density at radius 2 is 1.97 bits per heavy atom. The van der Waals surface area contributed by atoms with E-state index in [1.807, 2.05) is 16.7 Å². The highest BCUT2D eigenvalue weighted by atomic mass is 32.2. The highest BCUT2D eigenvalue weighted by molar-refractivity contribution is 7.99. The van der Waals surface area contributed by atoms with Crippen molar-refractivity contribution in [2.45, 2.75) is 63.1 Å². The molecule has 0 spiro atoms. The molecule has 1 fully saturated rings. The van der Waals surface area contributed by atoms with Gasteiger partial charge in [0, 0.05) is 23.9 Å². The Morgan fingerprint density at radius 3 is 2.70 bits per heavy atom. The summed E-state index contributed by atoms with van der Waals surface area (Å²) in [6, 6.07) is 12.4. The molecule has 30 heavy (non-hydrogen) atoms. The van der Waals surface area contributed by atoms with Crippen LogP contribution >= 0.6 is 11.8 Å². The third-order valence-electron chi connectivity index (χ3n) is 5.42. The summed E-state index contributed by atoms with van der Waals surface area (Å²) in [4.78, 5) is 12.2. The molecule has 4 rings (SSSR count). The molecule has 1 N–H and O–H groups in total. The largest absolute Gasteiger partial charge is 0.461 e. The molecule has 0 atom stereocenters. The average Bonchev–Trinajstić information content (AvgIpc) is 3.42. The van der Waals surface area contributed by atoms with Crippen LogP contribution in [0.4, 0.5) is 0 Å². The molecule has 0 unspecified atom stereocenters. The van der Waals surface area contributed by atoms with Crippen molar-refractivity contribution in [2.24, 2.45) is 0 Å². The van der Waals surface area contributed by atoms with E-state index < -0.39 is 0 Å². The molecule has 0 aliphatic heterocycles. The van der Waals surface area contributed by atoms with E-state index in [0.29, 0.717) is 24.0 Å². The monoisotopic (exact) mass is 424 g/mol. The molecule has 3 aromatic rings. The van der Waals surface area contributed by atoms with E-state index in [9.17, 15) is 4.79 Å². The number of hydrogen-bond donors (Lipinski definition) is 1. The minimum absolute atomic E-state index is 0.166. The number of nitrogens with one attached hydrogen (secondary N) is 1. The molecule has 0 saturated heterocycles. The Morgan fingerprint density at radius 1 is 1.17 bits per heavy atom. The summed E-state index contributed by atoms with van der Waals surface area (Å²) >= 11 is 1.62. The Balaban J connectivity index is 1.39. The lowest BCUT2D eigenvalue weighted by atomic mass is 9.95. The summed E-state index contributed by atoms with van der Waals surface area (Å²) in [5, 5.41) is 12.8. The zero-order chi connectivity index (χ0) is 20.8. The van der Waals surface area contributed by atoms with E-state index >= 15 is 0 Å². The molecule has 6 nitrogen and oxygen atoms in total. The minimum atomic E-state index is 0.166. The summed E-state index contributed by atoms with van der Waals surface area (Å²) in [6.45, 7) is 2.07. The first-order chi connectivity index (χ1) is 14.7. The molecular weight excluding hydrogens is 396 g/mol. The van der Waals surface area contributed by atoms with Gasteiger partial charge in [-0.25, -0.2) is 0 Å². The van der Waals surface area contributed by atoms with Crippen molar-refractivity contribution in [2.75, 3.05) is 5.75 Å². The fraction of sp³-hybridized carbons (Fsp3) is 0.435. The third kappa shape index (κ3) is 5.14. The summed E-state index contributed by atoms with van der Waals surface area (Å²) in [7, 11) is 0. The lowest BCUT2D eigenvalue weighted by Gasteiger charge is -2.22. The van der Waals surface area contributed by atoms with Crippen molar-refractivity contribution >= 4 is 17.7 Å². The van der Waals surface area contributed by atoms with Gasteiger partial charge in [-0.1, -0.05) is 48.7 Å². The Kier molecular flexibility index (Phi) is 6.89. The van der Waals surface area contributed by atoms with Gasteiger partial charge in [-0.3, -0.25) is 9.36 Å². The van der Waals surface area contributed by atoms with Gasteiger partial charge in [-0.05, 0) is 50.5 Å². The molecular formula is C23H28N4O2S. The van der Waals surface area contributed by atoms with E-state index in [2.05, 4.69) is 46.7 Å². The van der Waals surface area contributed by atoms with E-state index in [1.54, 1.807) is 18.0 Å². The van der Waals surface area contributed by atoms with Crippen molar-refractivity contribution in [1.29, 1.82) is 0 Å². The molecule has 1 aliphatic rings. The van der Waals surface area contributed by atoms with E-state index in [4.69, 9.17) is 4.42 Å². The number of furan rings is 1. The van der Waals surface area contributed by atoms with Gasteiger partial charge >= 0.3 is 0 Å². The number of rotatable bonds is 8. The van der Waals surface area contributed by atoms with Crippen molar-refractivity contribution in [3.63, 3.8) is 0 Å². The van der Waals surface area contributed by atoms with Gasteiger partial charge in [0.05, 0.1) is 6.26 Å². The normalized spacial score (nSPS) is 14.7. The fourth-order valence-electron chi connectivity index (χ4n) is 3.80. The second-order valence-electron chi connectivity index (χ2n) is 7.81. The predicted octanol–water partition coefficient (Wildman–Crippen LogP) is 5.16. The number of carbonyl (C=O) groups excluding carboxylic acids is 1. The molecule has 0 radical (unpaired) electrons.